The summed E-state index contributed by atoms with van der Waals surface area (Å²) in [5.74, 6) is 2.06. The monoisotopic (exact) mass is 325 g/mol. The summed E-state index contributed by atoms with van der Waals surface area (Å²) >= 11 is 0. The first kappa shape index (κ1) is 16.1. The van der Waals surface area contributed by atoms with Gasteiger partial charge in [0.1, 0.15) is 5.78 Å². The van der Waals surface area contributed by atoms with Crippen LogP contribution < -0.4 is 0 Å². The van der Waals surface area contributed by atoms with Gasteiger partial charge in [-0.25, -0.2) is 0 Å². The van der Waals surface area contributed by atoms with Crippen LogP contribution >= 0.6 is 0 Å². The Morgan fingerprint density at radius 3 is 2.92 bits per heavy atom. The molecule has 3 fully saturated rings. The molecule has 24 heavy (non-hydrogen) atoms. The highest BCUT2D eigenvalue weighted by Crippen LogP contribution is 2.65. The van der Waals surface area contributed by atoms with E-state index in [1.165, 1.54) is 17.6 Å². The molecule has 5 atom stereocenters. The Balaban J connectivity index is 1.71. The minimum atomic E-state index is -0.139. The molecule has 0 bridgehead atoms. The number of ketones is 1. The molecule has 0 heterocycles. The van der Waals surface area contributed by atoms with Gasteiger partial charge in [-0.3, -0.25) is 4.79 Å². The number of aliphatic hydroxyl groups excluding tert-OH is 1. The van der Waals surface area contributed by atoms with Crippen LogP contribution in [0.3, 0.4) is 0 Å². The number of hydrogen-bond acceptors (Lipinski definition) is 3. The van der Waals surface area contributed by atoms with Crippen molar-refractivity contribution in [3.8, 4) is 6.07 Å². The number of rotatable bonds is 1. The number of Topliss-reactive ketones (excluding diaryl/α,β-unsaturated/α-hetero) is 1. The van der Waals surface area contributed by atoms with Crippen LogP contribution in [0, 0.1) is 39.9 Å². The molecule has 0 amide bonds. The van der Waals surface area contributed by atoms with Crippen molar-refractivity contribution in [3.05, 3.63) is 23.3 Å². The minimum absolute atomic E-state index is 0.139. The van der Waals surface area contributed by atoms with E-state index in [1.54, 1.807) is 6.08 Å². The van der Waals surface area contributed by atoms with Crippen molar-refractivity contribution in [1.82, 2.24) is 0 Å². The number of carbonyl (C=O) groups excluding carboxylic acids is 1. The van der Waals surface area contributed by atoms with E-state index in [9.17, 15) is 9.90 Å². The van der Waals surface area contributed by atoms with Crippen LogP contribution in [0.4, 0.5) is 0 Å². The molecular weight excluding hydrogens is 298 g/mol. The minimum Gasteiger partial charge on any atom is -0.395 e. The van der Waals surface area contributed by atoms with Crippen LogP contribution in [-0.2, 0) is 4.79 Å². The summed E-state index contributed by atoms with van der Waals surface area (Å²) in [5, 5.41) is 19.5. The summed E-state index contributed by atoms with van der Waals surface area (Å²) in [7, 11) is 0. The molecule has 4 rings (SSSR count). The average Bonchev–Trinajstić information content (AvgIpc) is 2.91. The maximum atomic E-state index is 11.9. The maximum Gasteiger partial charge on any atom is 0.136 e. The smallest absolute Gasteiger partial charge is 0.136 e. The quantitative estimate of drug-likeness (QED) is 0.587. The first-order chi connectivity index (χ1) is 11.5. The van der Waals surface area contributed by atoms with E-state index in [2.05, 4.69) is 19.1 Å². The topological polar surface area (TPSA) is 61.1 Å². The third-order valence-electron chi connectivity index (χ3n) is 8.03. The standard InChI is InChI=1S/C21H27NO2/c1-20-9-7-19-17(18(20)5-3-14(20)8-11-22)4-2-15-12-16(24)6-10-21(15,19)13-23/h2,8,17-19,23H,3-7,9-10,12-13H2,1H3/b14-8-/t17-,18-,19-,20+,21+/m0/s1. The lowest BCUT2D eigenvalue weighted by Crippen LogP contribution is -2.52. The van der Waals surface area contributed by atoms with E-state index in [4.69, 9.17) is 5.26 Å². The van der Waals surface area contributed by atoms with Gasteiger partial charge in [-0.15, -0.1) is 0 Å². The summed E-state index contributed by atoms with van der Waals surface area (Å²) in [6.45, 7) is 2.55. The highest BCUT2D eigenvalue weighted by Gasteiger charge is 2.58. The van der Waals surface area contributed by atoms with Crippen LogP contribution in [0.2, 0.25) is 0 Å². The zero-order valence-corrected chi connectivity index (χ0v) is 14.6. The molecule has 4 aliphatic rings. The predicted octanol–water partition coefficient (Wildman–Crippen LogP) is 3.94. The molecule has 0 aromatic rings. The molecule has 1 N–H and O–H groups in total. The van der Waals surface area contributed by atoms with Gasteiger partial charge in [-0.05, 0) is 61.7 Å². The molecular formula is C21H27NO2. The van der Waals surface area contributed by atoms with Crippen molar-refractivity contribution in [1.29, 1.82) is 5.26 Å². The fourth-order valence-corrected chi connectivity index (χ4v) is 6.74. The summed E-state index contributed by atoms with van der Waals surface area (Å²) < 4.78 is 0. The molecule has 4 aliphatic carbocycles. The van der Waals surface area contributed by atoms with Crippen LogP contribution in [-0.4, -0.2) is 17.5 Å². The second kappa shape index (κ2) is 5.56. The van der Waals surface area contributed by atoms with Gasteiger partial charge < -0.3 is 5.11 Å². The zero-order valence-electron chi connectivity index (χ0n) is 14.6. The van der Waals surface area contributed by atoms with E-state index in [0.29, 0.717) is 36.4 Å². The molecule has 0 aliphatic heterocycles. The first-order valence-electron chi connectivity index (χ1n) is 9.46. The Hall–Kier alpha value is -1.40. The van der Waals surface area contributed by atoms with Gasteiger partial charge in [0.25, 0.3) is 0 Å². The zero-order chi connectivity index (χ0) is 16.9. The van der Waals surface area contributed by atoms with Gasteiger partial charge in [-0.2, -0.15) is 5.26 Å². The molecule has 0 saturated heterocycles. The van der Waals surface area contributed by atoms with Crippen molar-refractivity contribution >= 4 is 5.78 Å². The molecule has 0 radical (unpaired) electrons. The molecule has 128 valence electrons. The van der Waals surface area contributed by atoms with E-state index in [0.717, 1.165) is 32.1 Å². The predicted molar refractivity (Wildman–Crippen MR) is 91.8 cm³/mol. The molecule has 0 aromatic carbocycles. The number of allylic oxidation sites excluding steroid dienone is 3. The Bertz CT molecular complexity index is 670. The van der Waals surface area contributed by atoms with E-state index < -0.39 is 0 Å². The Morgan fingerprint density at radius 2 is 2.17 bits per heavy atom. The molecule has 0 unspecified atom stereocenters. The van der Waals surface area contributed by atoms with Crippen molar-refractivity contribution in [2.45, 2.75) is 58.3 Å². The Labute approximate surface area is 144 Å². The molecule has 3 saturated carbocycles. The Morgan fingerprint density at radius 1 is 1.33 bits per heavy atom. The number of nitriles is 1. The summed E-state index contributed by atoms with van der Waals surface area (Å²) in [4.78, 5) is 11.9. The van der Waals surface area contributed by atoms with Gasteiger partial charge in [-0.1, -0.05) is 24.1 Å². The van der Waals surface area contributed by atoms with Crippen LogP contribution in [0.25, 0.3) is 0 Å². The SMILES string of the molecule is C[C@]12CC[C@H]3[C@@H](CC=C4CC(=O)CC[C@@]43CO)[C@@H]1CC/C2=C/C#N. The van der Waals surface area contributed by atoms with Gasteiger partial charge in [0.05, 0.1) is 12.7 Å². The van der Waals surface area contributed by atoms with Crippen molar-refractivity contribution in [2.24, 2.45) is 28.6 Å². The number of hydrogen-bond donors (Lipinski definition) is 1. The van der Waals surface area contributed by atoms with Crippen LogP contribution in [0.5, 0.6) is 0 Å². The maximum absolute atomic E-state index is 11.9. The fraction of sp³-hybridized carbons (Fsp3) is 0.714. The summed E-state index contributed by atoms with van der Waals surface area (Å²) in [6.07, 6.45) is 11.6. The Kier molecular flexibility index (Phi) is 3.73. The van der Waals surface area contributed by atoms with Crippen molar-refractivity contribution in [3.63, 3.8) is 0 Å². The largest absolute Gasteiger partial charge is 0.395 e. The van der Waals surface area contributed by atoms with Gasteiger partial charge >= 0.3 is 0 Å². The summed E-state index contributed by atoms with van der Waals surface area (Å²) in [6, 6.07) is 2.26. The van der Waals surface area contributed by atoms with Gasteiger partial charge in [0, 0.05) is 24.3 Å². The van der Waals surface area contributed by atoms with Crippen LogP contribution in [0.15, 0.2) is 23.3 Å². The number of fused-ring (bicyclic) bond motifs is 5. The molecule has 0 spiro atoms. The number of nitrogens with zero attached hydrogens (tertiary/aromatic N) is 1. The lowest BCUT2D eigenvalue weighted by Gasteiger charge is -2.57. The van der Waals surface area contributed by atoms with Crippen molar-refractivity contribution < 1.29 is 9.90 Å². The normalized spacial score (nSPS) is 45.9. The fourth-order valence-electron chi connectivity index (χ4n) is 6.74. The molecule has 3 nitrogen and oxygen atoms in total. The lowest BCUT2D eigenvalue weighted by atomic mass is 9.47. The van der Waals surface area contributed by atoms with Gasteiger partial charge in [0.15, 0.2) is 0 Å². The number of aliphatic hydroxyl groups is 1. The van der Waals surface area contributed by atoms with E-state index in [-0.39, 0.29) is 17.4 Å². The average molecular weight is 325 g/mol. The number of carbonyl (C=O) groups is 1. The molecule has 3 heteroatoms. The molecule has 0 aromatic heterocycles. The summed E-state index contributed by atoms with van der Waals surface area (Å²) in [5.41, 5.74) is 2.61. The highest BCUT2D eigenvalue weighted by atomic mass is 16.3. The lowest BCUT2D eigenvalue weighted by molar-refractivity contribution is -0.123. The van der Waals surface area contributed by atoms with Crippen LogP contribution in [0.1, 0.15) is 58.3 Å². The van der Waals surface area contributed by atoms with E-state index in [1.807, 2.05) is 0 Å². The second-order valence-corrected chi connectivity index (χ2v) is 8.67. The van der Waals surface area contributed by atoms with Crippen molar-refractivity contribution in [2.75, 3.05) is 6.61 Å². The van der Waals surface area contributed by atoms with E-state index >= 15 is 0 Å². The highest BCUT2D eigenvalue weighted by molar-refractivity contribution is 5.82. The van der Waals surface area contributed by atoms with Gasteiger partial charge in [0.2, 0.25) is 0 Å². The second-order valence-electron chi connectivity index (χ2n) is 8.67. The third kappa shape index (κ3) is 2.02. The first-order valence-corrected chi connectivity index (χ1v) is 9.46. The third-order valence-corrected chi connectivity index (χ3v) is 8.03.